The molecule has 3 aliphatic rings. The molecule has 6 rings (SSSR count). The van der Waals surface area contributed by atoms with Gasteiger partial charge in [0.05, 0.1) is 27.8 Å². The molecule has 1 saturated heterocycles. The highest BCUT2D eigenvalue weighted by Crippen LogP contribution is 2.52. The molecule has 3 aromatic rings. The Labute approximate surface area is 195 Å². The number of nitrogens with one attached hydrogen (secondary N) is 2. The SMILES string of the molecule is Fc1ccc(Cl)c(C2Nc3ncc(-c4cnn(C5CC6(CCCNC6)C5)c4)cc3O2)c1Cl. The Morgan fingerprint density at radius 1 is 1.19 bits per heavy atom. The van der Waals surface area contributed by atoms with Crippen molar-refractivity contribution in [3.63, 3.8) is 0 Å². The predicted octanol–water partition coefficient (Wildman–Crippen LogP) is 5.60. The Kier molecular flexibility index (Phi) is 4.82. The molecule has 1 aliphatic carbocycles. The van der Waals surface area contributed by atoms with Gasteiger partial charge in [-0.25, -0.2) is 9.37 Å². The minimum atomic E-state index is -0.707. The Hall–Kier alpha value is -2.35. The minimum Gasteiger partial charge on any atom is -0.462 e. The van der Waals surface area contributed by atoms with Crippen molar-refractivity contribution in [2.45, 2.75) is 38.0 Å². The third-order valence-corrected chi connectivity index (χ3v) is 7.63. The standard InChI is InChI=1S/C23H22Cl2FN5O/c24-16-2-3-17(26)20(25)19(16)22-30-21-18(32-22)6-13(9-28-21)14-10-29-31(11-14)15-7-23(8-15)4-1-5-27-12-23/h2-3,6,9-11,15,22,27H,1,4-5,7-8,12H2,(H,28,30). The summed E-state index contributed by atoms with van der Waals surface area (Å²) in [5.41, 5.74) is 2.70. The van der Waals surface area contributed by atoms with E-state index in [0.717, 1.165) is 24.2 Å². The van der Waals surface area contributed by atoms with Gasteiger partial charge in [0.15, 0.2) is 11.6 Å². The molecule has 166 valence electrons. The van der Waals surface area contributed by atoms with Crippen LogP contribution in [-0.2, 0) is 0 Å². The average molecular weight is 474 g/mol. The summed E-state index contributed by atoms with van der Waals surface area (Å²) in [7, 11) is 0. The summed E-state index contributed by atoms with van der Waals surface area (Å²) in [6.45, 7) is 2.26. The van der Waals surface area contributed by atoms with E-state index in [9.17, 15) is 4.39 Å². The summed E-state index contributed by atoms with van der Waals surface area (Å²) in [5, 5.41) is 11.5. The summed E-state index contributed by atoms with van der Waals surface area (Å²) in [6.07, 6.45) is 9.94. The van der Waals surface area contributed by atoms with Gasteiger partial charge in [-0.15, -0.1) is 0 Å². The number of hydrogen-bond donors (Lipinski definition) is 2. The molecule has 2 N–H and O–H groups in total. The van der Waals surface area contributed by atoms with Crippen LogP contribution in [0.2, 0.25) is 10.0 Å². The van der Waals surface area contributed by atoms with E-state index >= 15 is 0 Å². The first-order chi connectivity index (χ1) is 15.5. The molecule has 0 bridgehead atoms. The van der Waals surface area contributed by atoms with Crippen molar-refractivity contribution in [2.75, 3.05) is 18.4 Å². The summed E-state index contributed by atoms with van der Waals surface area (Å²) in [4.78, 5) is 4.49. The van der Waals surface area contributed by atoms with Gasteiger partial charge in [-0.3, -0.25) is 4.68 Å². The highest BCUT2D eigenvalue weighted by Gasteiger charge is 2.45. The Morgan fingerprint density at radius 3 is 2.88 bits per heavy atom. The largest absolute Gasteiger partial charge is 0.462 e. The smallest absolute Gasteiger partial charge is 0.200 e. The molecule has 2 aliphatic heterocycles. The second-order valence-corrected chi connectivity index (χ2v) is 9.81. The lowest BCUT2D eigenvalue weighted by molar-refractivity contribution is 0.0292. The van der Waals surface area contributed by atoms with Crippen molar-refractivity contribution in [3.8, 4) is 16.9 Å². The predicted molar refractivity (Wildman–Crippen MR) is 122 cm³/mol. The monoisotopic (exact) mass is 473 g/mol. The minimum absolute atomic E-state index is 0.0595. The summed E-state index contributed by atoms with van der Waals surface area (Å²) < 4.78 is 22.0. The molecule has 4 heterocycles. The number of anilines is 1. The van der Waals surface area contributed by atoms with Gasteiger partial charge in [0.2, 0.25) is 6.23 Å². The number of nitrogens with zero attached hydrogens (tertiary/aromatic N) is 3. The maximum absolute atomic E-state index is 13.9. The van der Waals surface area contributed by atoms with Gasteiger partial charge in [0, 0.05) is 30.1 Å². The molecule has 32 heavy (non-hydrogen) atoms. The lowest BCUT2D eigenvalue weighted by atomic mass is 9.62. The van der Waals surface area contributed by atoms with Gasteiger partial charge in [-0.05, 0) is 55.8 Å². The highest BCUT2D eigenvalue weighted by atomic mass is 35.5. The van der Waals surface area contributed by atoms with E-state index in [1.165, 1.54) is 37.8 Å². The second-order valence-electron chi connectivity index (χ2n) is 9.02. The molecular weight excluding hydrogens is 452 g/mol. The molecular formula is C23H22Cl2FN5O. The molecule has 2 aromatic heterocycles. The number of rotatable bonds is 3. The zero-order chi connectivity index (χ0) is 21.9. The van der Waals surface area contributed by atoms with Gasteiger partial charge in [0.25, 0.3) is 0 Å². The summed E-state index contributed by atoms with van der Waals surface area (Å²) in [6, 6.07) is 5.06. The zero-order valence-corrected chi connectivity index (χ0v) is 18.8. The maximum atomic E-state index is 13.9. The van der Waals surface area contributed by atoms with Gasteiger partial charge >= 0.3 is 0 Å². The Morgan fingerprint density at radius 2 is 2.06 bits per heavy atom. The molecule has 1 unspecified atom stereocenters. The quantitative estimate of drug-likeness (QED) is 0.484. The van der Waals surface area contributed by atoms with Crippen LogP contribution in [0.3, 0.4) is 0 Å². The number of benzene rings is 1. The number of piperidine rings is 1. The van der Waals surface area contributed by atoms with E-state index < -0.39 is 12.0 Å². The van der Waals surface area contributed by atoms with Crippen LogP contribution in [0.25, 0.3) is 11.1 Å². The average Bonchev–Trinajstić information content (AvgIpc) is 3.42. The van der Waals surface area contributed by atoms with E-state index in [0.29, 0.717) is 33.6 Å². The number of pyridine rings is 1. The highest BCUT2D eigenvalue weighted by molar-refractivity contribution is 6.36. The van der Waals surface area contributed by atoms with E-state index in [1.807, 2.05) is 12.3 Å². The number of aromatic nitrogens is 3. The lowest BCUT2D eigenvalue weighted by Gasteiger charge is -2.50. The molecule has 1 spiro atoms. The molecule has 0 amide bonds. The topological polar surface area (TPSA) is 64.0 Å². The molecule has 0 radical (unpaired) electrons. The molecule has 1 atom stereocenters. The van der Waals surface area contributed by atoms with Crippen molar-refractivity contribution < 1.29 is 9.13 Å². The fourth-order valence-corrected chi connectivity index (χ4v) is 5.76. The Balaban J connectivity index is 1.20. The summed E-state index contributed by atoms with van der Waals surface area (Å²) >= 11 is 12.4. The van der Waals surface area contributed by atoms with Crippen LogP contribution in [0.15, 0.2) is 36.8 Å². The van der Waals surface area contributed by atoms with Crippen LogP contribution in [0.1, 0.15) is 43.5 Å². The van der Waals surface area contributed by atoms with Crippen LogP contribution in [0, 0.1) is 11.2 Å². The molecule has 1 saturated carbocycles. The van der Waals surface area contributed by atoms with Crippen molar-refractivity contribution in [2.24, 2.45) is 5.41 Å². The first-order valence-electron chi connectivity index (χ1n) is 10.8. The van der Waals surface area contributed by atoms with Crippen LogP contribution in [-0.4, -0.2) is 27.9 Å². The van der Waals surface area contributed by atoms with E-state index in [1.54, 1.807) is 6.20 Å². The number of ether oxygens (including phenoxy) is 1. The molecule has 2 fully saturated rings. The van der Waals surface area contributed by atoms with Crippen LogP contribution >= 0.6 is 23.2 Å². The maximum Gasteiger partial charge on any atom is 0.200 e. The van der Waals surface area contributed by atoms with Crippen LogP contribution in [0.4, 0.5) is 10.2 Å². The van der Waals surface area contributed by atoms with Crippen molar-refractivity contribution in [1.82, 2.24) is 20.1 Å². The third kappa shape index (κ3) is 3.34. The third-order valence-electron chi connectivity index (χ3n) is 6.91. The molecule has 9 heteroatoms. The van der Waals surface area contributed by atoms with Gasteiger partial charge in [0.1, 0.15) is 5.82 Å². The van der Waals surface area contributed by atoms with E-state index in [4.69, 9.17) is 27.9 Å². The fraction of sp³-hybridized carbons (Fsp3) is 0.391. The van der Waals surface area contributed by atoms with Gasteiger partial charge in [-0.2, -0.15) is 5.10 Å². The van der Waals surface area contributed by atoms with Crippen molar-refractivity contribution in [3.05, 3.63) is 58.2 Å². The number of fused-ring (bicyclic) bond motifs is 1. The van der Waals surface area contributed by atoms with E-state index in [-0.39, 0.29) is 5.02 Å². The molecule has 6 nitrogen and oxygen atoms in total. The van der Waals surface area contributed by atoms with Crippen molar-refractivity contribution >= 4 is 29.0 Å². The van der Waals surface area contributed by atoms with Crippen LogP contribution < -0.4 is 15.4 Å². The summed E-state index contributed by atoms with van der Waals surface area (Å²) in [5.74, 6) is 0.580. The fourth-order valence-electron chi connectivity index (χ4n) is 5.19. The Bertz CT molecular complexity index is 1190. The normalized spacial score (nSPS) is 26.3. The van der Waals surface area contributed by atoms with Gasteiger partial charge in [-0.1, -0.05) is 23.2 Å². The van der Waals surface area contributed by atoms with Crippen LogP contribution in [0.5, 0.6) is 5.75 Å². The number of halogens is 3. The van der Waals surface area contributed by atoms with E-state index in [2.05, 4.69) is 31.6 Å². The van der Waals surface area contributed by atoms with Crippen molar-refractivity contribution in [1.29, 1.82) is 0 Å². The lowest BCUT2D eigenvalue weighted by Crippen LogP contribution is -2.49. The first-order valence-corrected chi connectivity index (χ1v) is 11.6. The first kappa shape index (κ1) is 20.3. The zero-order valence-electron chi connectivity index (χ0n) is 17.2. The van der Waals surface area contributed by atoms with Gasteiger partial charge < -0.3 is 15.4 Å². The number of hydrogen-bond acceptors (Lipinski definition) is 5. The molecule has 1 aromatic carbocycles. The second kappa shape index (κ2) is 7.61.